The molecule has 1 unspecified atom stereocenters. The van der Waals surface area contributed by atoms with Crippen LogP contribution in [0, 0.1) is 0 Å². The van der Waals surface area contributed by atoms with E-state index in [2.05, 4.69) is 10.1 Å². The Balaban J connectivity index is 2.34. The largest absolute Gasteiger partial charge is 0.416 e. The van der Waals surface area contributed by atoms with Gasteiger partial charge in [-0.3, -0.25) is 0 Å². The smallest absolute Gasteiger partial charge is 0.394 e. The van der Waals surface area contributed by atoms with Crippen molar-refractivity contribution < 1.29 is 22.8 Å². The number of alkyl halides is 3. The van der Waals surface area contributed by atoms with E-state index in [1.807, 2.05) is 0 Å². The first kappa shape index (κ1) is 13.5. The molecule has 1 atom stereocenters. The second kappa shape index (κ2) is 4.98. The van der Waals surface area contributed by atoms with Gasteiger partial charge >= 0.3 is 6.18 Å². The number of benzene rings is 1. The van der Waals surface area contributed by atoms with Crippen molar-refractivity contribution in [1.29, 1.82) is 0 Å². The van der Waals surface area contributed by atoms with E-state index < -0.39 is 17.8 Å². The molecule has 0 bridgehead atoms. The second-order valence-corrected chi connectivity index (χ2v) is 3.83. The van der Waals surface area contributed by atoms with Gasteiger partial charge < -0.3 is 15.4 Å². The first-order chi connectivity index (χ1) is 8.91. The van der Waals surface area contributed by atoms with Gasteiger partial charge in [0.1, 0.15) is 0 Å². The third-order valence-electron chi connectivity index (χ3n) is 2.41. The van der Waals surface area contributed by atoms with Gasteiger partial charge in [-0.15, -0.1) is 0 Å². The summed E-state index contributed by atoms with van der Waals surface area (Å²) in [7, 11) is 0. The molecule has 2 aromatic rings. The van der Waals surface area contributed by atoms with E-state index >= 15 is 0 Å². The molecule has 2 rings (SSSR count). The van der Waals surface area contributed by atoms with Crippen LogP contribution in [0.25, 0.3) is 11.5 Å². The highest BCUT2D eigenvalue weighted by Crippen LogP contribution is 2.31. The van der Waals surface area contributed by atoms with Crippen molar-refractivity contribution in [3.63, 3.8) is 0 Å². The van der Waals surface area contributed by atoms with Crippen LogP contribution in [0.5, 0.6) is 0 Å². The average molecular weight is 273 g/mol. The molecule has 19 heavy (non-hydrogen) atoms. The molecule has 0 amide bonds. The summed E-state index contributed by atoms with van der Waals surface area (Å²) in [6, 6.07) is 3.68. The second-order valence-electron chi connectivity index (χ2n) is 3.83. The lowest BCUT2D eigenvalue weighted by molar-refractivity contribution is -0.137. The van der Waals surface area contributed by atoms with E-state index in [1.165, 1.54) is 12.1 Å². The molecule has 8 heteroatoms. The van der Waals surface area contributed by atoms with Gasteiger partial charge in [0, 0.05) is 5.56 Å². The molecule has 1 aromatic heterocycles. The summed E-state index contributed by atoms with van der Waals surface area (Å²) in [4.78, 5) is 3.84. The average Bonchev–Trinajstić information content (AvgIpc) is 2.86. The SMILES string of the molecule is NC(CO)c1noc(-c2cccc(C(F)(F)F)c2)n1. The quantitative estimate of drug-likeness (QED) is 0.889. The van der Waals surface area contributed by atoms with Crippen LogP contribution in [0.1, 0.15) is 17.4 Å². The van der Waals surface area contributed by atoms with Crippen molar-refractivity contribution >= 4 is 0 Å². The zero-order valence-corrected chi connectivity index (χ0v) is 9.55. The Morgan fingerprint density at radius 1 is 1.37 bits per heavy atom. The summed E-state index contributed by atoms with van der Waals surface area (Å²) < 4.78 is 42.5. The highest BCUT2D eigenvalue weighted by Gasteiger charge is 2.30. The van der Waals surface area contributed by atoms with Crippen molar-refractivity contribution in [2.75, 3.05) is 6.61 Å². The molecule has 0 radical (unpaired) electrons. The fourth-order valence-electron chi connectivity index (χ4n) is 1.41. The minimum atomic E-state index is -4.44. The Bertz CT molecular complexity index is 568. The molecule has 3 N–H and O–H groups in total. The molecule has 0 saturated carbocycles. The number of aromatic nitrogens is 2. The summed E-state index contributed by atoms with van der Waals surface area (Å²) in [5.41, 5.74) is 4.80. The molecule has 0 spiro atoms. The topological polar surface area (TPSA) is 85.2 Å². The molecule has 0 aliphatic rings. The van der Waals surface area contributed by atoms with Gasteiger partial charge in [0.05, 0.1) is 18.2 Å². The van der Waals surface area contributed by atoms with Gasteiger partial charge in [-0.05, 0) is 18.2 Å². The Kier molecular flexibility index (Phi) is 3.54. The zero-order chi connectivity index (χ0) is 14.0. The van der Waals surface area contributed by atoms with Gasteiger partial charge in [0.25, 0.3) is 5.89 Å². The summed E-state index contributed by atoms with van der Waals surface area (Å²) >= 11 is 0. The van der Waals surface area contributed by atoms with Gasteiger partial charge in [0.15, 0.2) is 5.82 Å². The fourth-order valence-corrected chi connectivity index (χ4v) is 1.41. The summed E-state index contributed by atoms with van der Waals surface area (Å²) in [5.74, 6) is -0.0417. The number of halogens is 3. The van der Waals surface area contributed by atoms with Crippen LogP contribution in [0.4, 0.5) is 13.2 Å². The van der Waals surface area contributed by atoms with Crippen molar-refractivity contribution in [2.45, 2.75) is 12.2 Å². The lowest BCUT2D eigenvalue weighted by atomic mass is 10.1. The number of rotatable bonds is 3. The summed E-state index contributed by atoms with van der Waals surface area (Å²) in [5, 5.41) is 12.3. The van der Waals surface area contributed by atoms with E-state index in [-0.39, 0.29) is 23.9 Å². The van der Waals surface area contributed by atoms with Gasteiger partial charge in [-0.1, -0.05) is 11.2 Å². The maximum atomic E-state index is 12.6. The number of nitrogens with zero attached hydrogens (tertiary/aromatic N) is 2. The number of aliphatic hydroxyl groups is 1. The minimum Gasteiger partial charge on any atom is -0.394 e. The van der Waals surface area contributed by atoms with E-state index in [9.17, 15) is 13.2 Å². The van der Waals surface area contributed by atoms with Crippen molar-refractivity contribution in [3.05, 3.63) is 35.7 Å². The van der Waals surface area contributed by atoms with Gasteiger partial charge in [0.2, 0.25) is 0 Å². The molecule has 5 nitrogen and oxygen atoms in total. The van der Waals surface area contributed by atoms with Gasteiger partial charge in [-0.2, -0.15) is 18.2 Å². The molecule has 1 heterocycles. The monoisotopic (exact) mass is 273 g/mol. The van der Waals surface area contributed by atoms with E-state index in [0.717, 1.165) is 12.1 Å². The predicted molar refractivity (Wildman–Crippen MR) is 58.8 cm³/mol. The number of hydrogen-bond donors (Lipinski definition) is 2. The van der Waals surface area contributed by atoms with Crippen molar-refractivity contribution in [1.82, 2.24) is 10.1 Å². The number of nitrogens with two attached hydrogens (primary N) is 1. The van der Waals surface area contributed by atoms with Gasteiger partial charge in [-0.25, -0.2) is 0 Å². The fraction of sp³-hybridized carbons (Fsp3) is 0.273. The molecule has 0 saturated heterocycles. The standard InChI is InChI=1S/C11H10F3N3O2/c12-11(13,14)7-3-1-2-6(4-7)10-16-9(17-19-10)8(15)5-18/h1-4,8,18H,5,15H2. The van der Waals surface area contributed by atoms with Crippen molar-refractivity contribution in [3.8, 4) is 11.5 Å². The highest BCUT2D eigenvalue weighted by atomic mass is 19.4. The predicted octanol–water partition coefficient (Wildman–Crippen LogP) is 1.75. The lowest BCUT2D eigenvalue weighted by Crippen LogP contribution is -2.15. The van der Waals surface area contributed by atoms with Crippen LogP contribution in [-0.4, -0.2) is 21.9 Å². The minimum absolute atomic E-state index is 0.0370. The maximum absolute atomic E-state index is 12.6. The first-order valence-corrected chi connectivity index (χ1v) is 5.29. The lowest BCUT2D eigenvalue weighted by Gasteiger charge is -2.06. The Morgan fingerprint density at radius 3 is 2.74 bits per heavy atom. The number of hydrogen-bond acceptors (Lipinski definition) is 5. The molecule has 0 fully saturated rings. The normalized spacial score (nSPS) is 13.5. The van der Waals surface area contributed by atoms with E-state index in [0.29, 0.717) is 0 Å². The van der Waals surface area contributed by atoms with Crippen LogP contribution in [0.2, 0.25) is 0 Å². The Labute approximate surface area is 105 Å². The maximum Gasteiger partial charge on any atom is 0.416 e. The van der Waals surface area contributed by atoms with E-state index in [4.69, 9.17) is 15.4 Å². The summed E-state index contributed by atoms with van der Waals surface area (Å²) in [6.45, 7) is -0.387. The Morgan fingerprint density at radius 2 is 2.11 bits per heavy atom. The molecule has 102 valence electrons. The highest BCUT2D eigenvalue weighted by molar-refractivity contribution is 5.54. The third-order valence-corrected chi connectivity index (χ3v) is 2.41. The third kappa shape index (κ3) is 2.91. The van der Waals surface area contributed by atoms with E-state index in [1.54, 1.807) is 0 Å². The molecular formula is C11H10F3N3O2. The Hall–Kier alpha value is -1.93. The molecule has 0 aliphatic carbocycles. The van der Waals surface area contributed by atoms with Crippen LogP contribution in [0.3, 0.4) is 0 Å². The molecule has 0 aliphatic heterocycles. The molecular weight excluding hydrogens is 263 g/mol. The van der Waals surface area contributed by atoms with Crippen LogP contribution in [0.15, 0.2) is 28.8 Å². The van der Waals surface area contributed by atoms with Crippen LogP contribution < -0.4 is 5.73 Å². The van der Waals surface area contributed by atoms with Crippen molar-refractivity contribution in [2.24, 2.45) is 5.73 Å². The number of aliphatic hydroxyl groups excluding tert-OH is 1. The summed E-state index contributed by atoms with van der Waals surface area (Å²) in [6.07, 6.45) is -4.44. The first-order valence-electron chi connectivity index (χ1n) is 5.29. The molecule has 1 aromatic carbocycles. The van der Waals surface area contributed by atoms with Crippen LogP contribution in [-0.2, 0) is 6.18 Å². The zero-order valence-electron chi connectivity index (χ0n) is 9.55. The van der Waals surface area contributed by atoms with Crippen LogP contribution >= 0.6 is 0 Å².